The third-order valence-corrected chi connectivity index (χ3v) is 8.28. The highest BCUT2D eigenvalue weighted by molar-refractivity contribution is 5.96. The summed E-state index contributed by atoms with van der Waals surface area (Å²) in [6.45, 7) is 8.37. The number of amides is 4. The van der Waals surface area contributed by atoms with Gasteiger partial charge in [-0.1, -0.05) is 52.3 Å². The molecule has 274 valence electrons. The number of unbranched alkanes of at least 4 members (excludes halogenated alkanes) is 2. The van der Waals surface area contributed by atoms with E-state index in [0.29, 0.717) is 38.8 Å². The van der Waals surface area contributed by atoms with Crippen molar-refractivity contribution in [2.75, 3.05) is 13.1 Å². The molecule has 0 saturated carbocycles. The Bertz CT molecular complexity index is 1360. The molecule has 0 aliphatic rings. The fourth-order valence-electron chi connectivity index (χ4n) is 5.62. The zero-order valence-corrected chi connectivity index (χ0v) is 29.4. The molecule has 0 bridgehead atoms. The van der Waals surface area contributed by atoms with Crippen molar-refractivity contribution in [2.24, 2.45) is 29.0 Å². The van der Waals surface area contributed by atoms with Gasteiger partial charge in [0.1, 0.15) is 24.2 Å². The third-order valence-electron chi connectivity index (χ3n) is 8.28. The van der Waals surface area contributed by atoms with Crippen molar-refractivity contribution in [1.82, 2.24) is 26.3 Å². The van der Waals surface area contributed by atoms with Crippen molar-refractivity contribution in [3.8, 4) is 0 Å². The molecule has 0 fully saturated rings. The first kappa shape index (κ1) is 41.2. The number of carboxylic acid groups (broad SMARTS) is 1. The Morgan fingerprint density at radius 2 is 1.20 bits per heavy atom. The van der Waals surface area contributed by atoms with Crippen LogP contribution in [-0.2, 0) is 30.4 Å². The molecule has 0 aliphatic carbocycles. The normalized spacial score (nSPS) is 14.6. The van der Waals surface area contributed by atoms with Crippen molar-refractivity contribution >= 4 is 40.5 Å². The molecular formula is C35H58N8O6. The zero-order valence-electron chi connectivity index (χ0n) is 29.4. The smallest absolute Gasteiger partial charge is 0.326 e. The Kier molecular flexibility index (Phi) is 17.8. The lowest BCUT2D eigenvalue weighted by atomic mass is 9.99. The predicted octanol–water partition coefficient (Wildman–Crippen LogP) is 1.41. The first-order chi connectivity index (χ1) is 23.3. The lowest BCUT2D eigenvalue weighted by molar-refractivity contribution is -0.143. The van der Waals surface area contributed by atoms with Gasteiger partial charge in [0, 0.05) is 23.5 Å². The number of H-pyrrole nitrogens is 1. The molecule has 0 unspecified atom stereocenters. The molecule has 49 heavy (non-hydrogen) atoms. The fraction of sp³-hybridized carbons (Fsp3) is 0.629. The molecule has 1 aromatic carbocycles. The molecule has 2 rings (SSSR count). The third kappa shape index (κ3) is 14.2. The molecular weight excluding hydrogens is 628 g/mol. The average Bonchev–Trinajstić information content (AvgIpc) is 3.45. The number of aromatic amines is 1. The minimum atomic E-state index is -1.16. The number of carbonyl (C=O) groups is 5. The fourth-order valence-corrected chi connectivity index (χ4v) is 5.62. The van der Waals surface area contributed by atoms with E-state index in [9.17, 15) is 29.1 Å². The minimum Gasteiger partial charge on any atom is -0.480 e. The van der Waals surface area contributed by atoms with Gasteiger partial charge in [-0.25, -0.2) is 4.79 Å². The van der Waals surface area contributed by atoms with E-state index in [1.165, 1.54) is 0 Å². The van der Waals surface area contributed by atoms with Crippen LogP contribution in [0.5, 0.6) is 0 Å². The minimum absolute atomic E-state index is 0.00841. The lowest BCUT2D eigenvalue weighted by Crippen LogP contribution is -2.59. The van der Waals surface area contributed by atoms with Crippen LogP contribution in [0.15, 0.2) is 30.5 Å². The first-order valence-electron chi connectivity index (χ1n) is 17.4. The largest absolute Gasteiger partial charge is 0.480 e. The zero-order chi connectivity index (χ0) is 36.5. The summed E-state index contributed by atoms with van der Waals surface area (Å²) in [7, 11) is 0. The van der Waals surface area contributed by atoms with Crippen LogP contribution in [0.2, 0.25) is 0 Å². The quantitative estimate of drug-likeness (QED) is 0.0766. The highest BCUT2D eigenvalue weighted by Gasteiger charge is 2.32. The van der Waals surface area contributed by atoms with E-state index in [1.807, 2.05) is 52.0 Å². The Morgan fingerprint density at radius 1 is 0.694 bits per heavy atom. The Hall–Kier alpha value is -4.01. The van der Waals surface area contributed by atoms with Gasteiger partial charge in [0.2, 0.25) is 23.6 Å². The molecule has 14 heteroatoms. The molecule has 0 radical (unpaired) electrons. The number of hydrogen-bond donors (Lipinski definition) is 9. The van der Waals surface area contributed by atoms with Crippen molar-refractivity contribution in [3.05, 3.63) is 36.0 Å². The highest BCUT2D eigenvalue weighted by Crippen LogP contribution is 2.20. The number of para-hydroxylation sites is 1. The van der Waals surface area contributed by atoms with Crippen LogP contribution in [0.3, 0.4) is 0 Å². The number of nitrogens with two attached hydrogens (primary N) is 3. The number of aliphatic carboxylic acids is 1. The monoisotopic (exact) mass is 686 g/mol. The van der Waals surface area contributed by atoms with Gasteiger partial charge in [0.15, 0.2) is 0 Å². The van der Waals surface area contributed by atoms with Gasteiger partial charge in [0.05, 0.1) is 6.04 Å². The average molecular weight is 687 g/mol. The van der Waals surface area contributed by atoms with Crippen LogP contribution in [0.1, 0.15) is 84.6 Å². The summed E-state index contributed by atoms with van der Waals surface area (Å²) in [5.74, 6) is -3.49. The summed E-state index contributed by atoms with van der Waals surface area (Å²) in [4.78, 5) is 69.4. The van der Waals surface area contributed by atoms with Gasteiger partial charge in [-0.15, -0.1) is 0 Å². The van der Waals surface area contributed by atoms with Crippen LogP contribution < -0.4 is 38.5 Å². The number of carboxylic acids is 1. The molecule has 0 aliphatic heterocycles. The van der Waals surface area contributed by atoms with Crippen LogP contribution in [0.25, 0.3) is 10.9 Å². The van der Waals surface area contributed by atoms with Gasteiger partial charge in [-0.05, 0) is 81.5 Å². The van der Waals surface area contributed by atoms with Crippen molar-refractivity contribution < 1.29 is 29.1 Å². The van der Waals surface area contributed by atoms with Crippen molar-refractivity contribution in [3.63, 3.8) is 0 Å². The van der Waals surface area contributed by atoms with Crippen molar-refractivity contribution in [1.29, 1.82) is 0 Å². The number of rotatable bonds is 23. The summed E-state index contributed by atoms with van der Waals surface area (Å²) in [6, 6.07) is 2.39. The topological polar surface area (TPSA) is 248 Å². The van der Waals surface area contributed by atoms with E-state index in [-0.39, 0.29) is 37.5 Å². The lowest BCUT2D eigenvalue weighted by Gasteiger charge is -2.27. The number of hydrogen-bond acceptors (Lipinski definition) is 8. The highest BCUT2D eigenvalue weighted by atomic mass is 16.4. The number of aromatic nitrogens is 1. The Labute approximate surface area is 289 Å². The van der Waals surface area contributed by atoms with E-state index in [0.717, 1.165) is 22.9 Å². The molecule has 1 heterocycles. The summed E-state index contributed by atoms with van der Waals surface area (Å²) < 4.78 is 0. The maximum atomic E-state index is 14.0. The summed E-state index contributed by atoms with van der Waals surface area (Å²) in [5.41, 5.74) is 19.0. The van der Waals surface area contributed by atoms with Gasteiger partial charge in [0.25, 0.3) is 0 Å². The molecule has 12 N–H and O–H groups in total. The Balaban J connectivity index is 2.38. The molecule has 0 spiro atoms. The van der Waals surface area contributed by atoms with Crippen LogP contribution in [0.4, 0.5) is 0 Å². The second-order valence-corrected chi connectivity index (χ2v) is 13.6. The van der Waals surface area contributed by atoms with E-state index in [2.05, 4.69) is 26.3 Å². The standard InChI is InChI=1S/C35H58N8O6/c1-21(2)17-28(33(46)43-30(35(48)49)18-22(3)4)41-34(47)29(19-23-20-39-26-13-6-5-11-24(23)26)42-32(45)27(14-8-10-16-37)40-31(44)25(38)12-7-9-15-36/h5-6,11,13,20-22,25,27-30,39H,7-10,12,14-19,36-38H2,1-4H3,(H,40,44)(H,41,47)(H,42,45)(H,43,46)(H,48,49)/t25-,27-,28-,29-,30-/m0/s1. The van der Waals surface area contributed by atoms with Gasteiger partial charge < -0.3 is 48.6 Å². The molecule has 1 aromatic heterocycles. The SMILES string of the molecule is CC(C)C[C@H](NC(=O)[C@H](CC(C)C)NC(=O)[C@H](Cc1c[nH]c2ccccc12)NC(=O)[C@H](CCCCN)NC(=O)[C@@H](N)CCCCN)C(=O)O. The van der Waals surface area contributed by atoms with Crippen molar-refractivity contribution in [2.45, 2.75) is 116 Å². The Morgan fingerprint density at radius 3 is 1.82 bits per heavy atom. The maximum absolute atomic E-state index is 14.0. The maximum Gasteiger partial charge on any atom is 0.326 e. The van der Waals surface area contributed by atoms with Crippen LogP contribution >= 0.6 is 0 Å². The molecule has 14 nitrogen and oxygen atoms in total. The van der Waals surface area contributed by atoms with E-state index in [1.54, 1.807) is 6.20 Å². The van der Waals surface area contributed by atoms with Gasteiger partial charge >= 0.3 is 5.97 Å². The first-order valence-corrected chi connectivity index (χ1v) is 17.4. The molecule has 5 atom stereocenters. The number of nitrogens with one attached hydrogen (secondary N) is 5. The number of carbonyl (C=O) groups excluding carboxylic acids is 4. The summed E-state index contributed by atoms with van der Waals surface area (Å²) >= 11 is 0. The van der Waals surface area contributed by atoms with Gasteiger partial charge in [-0.2, -0.15) is 0 Å². The van der Waals surface area contributed by atoms with E-state index >= 15 is 0 Å². The van der Waals surface area contributed by atoms with Gasteiger partial charge in [-0.3, -0.25) is 19.2 Å². The number of fused-ring (bicyclic) bond motifs is 1. The van der Waals surface area contributed by atoms with Crippen LogP contribution in [-0.4, -0.2) is 83.0 Å². The van der Waals surface area contributed by atoms with Crippen LogP contribution in [0, 0.1) is 11.8 Å². The summed E-state index contributed by atoms with van der Waals surface area (Å²) in [5, 5.41) is 21.5. The molecule has 2 aromatic rings. The number of benzene rings is 1. The molecule has 4 amide bonds. The second kappa shape index (κ2) is 21.2. The predicted molar refractivity (Wildman–Crippen MR) is 190 cm³/mol. The second-order valence-electron chi connectivity index (χ2n) is 13.6. The molecule has 0 saturated heterocycles. The van der Waals surface area contributed by atoms with E-state index < -0.39 is 59.8 Å². The van der Waals surface area contributed by atoms with E-state index in [4.69, 9.17) is 17.2 Å². The summed E-state index contributed by atoms with van der Waals surface area (Å²) in [6.07, 6.45) is 5.53.